The molecule has 9 heteroatoms. The summed E-state index contributed by atoms with van der Waals surface area (Å²) in [7, 11) is 2.75. The summed E-state index contributed by atoms with van der Waals surface area (Å²) in [6.07, 6.45) is -1.51. The molecule has 0 amide bonds. The summed E-state index contributed by atoms with van der Waals surface area (Å²) in [4.78, 5) is 29.3. The minimum atomic E-state index is -2.44. The van der Waals surface area contributed by atoms with Crippen molar-refractivity contribution in [2.75, 3.05) is 27.4 Å². The number of hydrogen-bond acceptors (Lipinski definition) is 8. The van der Waals surface area contributed by atoms with Crippen LogP contribution in [0.5, 0.6) is 0 Å². The van der Waals surface area contributed by atoms with Crippen LogP contribution in [0.3, 0.4) is 0 Å². The Morgan fingerprint density at radius 2 is 1.69 bits per heavy atom. The fraction of sp³-hybridized carbons (Fsp3) is 0.350. The van der Waals surface area contributed by atoms with Crippen LogP contribution >= 0.6 is 0 Å². The van der Waals surface area contributed by atoms with Crippen LogP contribution in [0.15, 0.2) is 60.7 Å². The molecule has 1 heterocycles. The molecule has 0 saturated carbocycles. The molecule has 9 nitrogen and oxygen atoms in total. The van der Waals surface area contributed by atoms with Gasteiger partial charge in [-0.25, -0.2) is 4.79 Å². The summed E-state index contributed by atoms with van der Waals surface area (Å²) >= 11 is 0. The minimum absolute atomic E-state index is 0.234. The highest BCUT2D eigenvalue weighted by Gasteiger charge is 2.60. The molecule has 2 unspecified atom stereocenters. The second-order valence-corrected chi connectivity index (χ2v) is 6.41. The van der Waals surface area contributed by atoms with Crippen LogP contribution in [0, 0.1) is 10.1 Å². The summed E-state index contributed by atoms with van der Waals surface area (Å²) in [6.45, 7) is -0.716. The first-order chi connectivity index (χ1) is 14.0. The summed E-state index contributed by atoms with van der Waals surface area (Å²) in [5, 5.41) is 13.1. The Morgan fingerprint density at radius 3 is 2.14 bits per heavy atom. The zero-order valence-electron chi connectivity index (χ0n) is 16.1. The molecule has 3 rings (SSSR count). The molecule has 0 aromatic heterocycles. The lowest BCUT2D eigenvalue weighted by Gasteiger charge is -2.38. The zero-order chi connectivity index (χ0) is 20.9. The summed E-state index contributed by atoms with van der Waals surface area (Å²) in [6, 6.07) is 18.0. The molecule has 1 saturated heterocycles. The highest BCUT2D eigenvalue weighted by atomic mass is 16.7. The van der Waals surface area contributed by atoms with Crippen molar-refractivity contribution in [2.45, 2.75) is 18.1 Å². The first kappa shape index (κ1) is 20.9. The smallest absolute Gasteiger partial charge is 0.437 e. The van der Waals surface area contributed by atoms with Gasteiger partial charge in [-0.3, -0.25) is 15.0 Å². The number of nitro groups is 1. The van der Waals surface area contributed by atoms with Gasteiger partial charge in [0.1, 0.15) is 6.54 Å². The van der Waals surface area contributed by atoms with Gasteiger partial charge in [0.2, 0.25) is 0 Å². The number of hydrogen-bond donors (Lipinski definition) is 0. The van der Waals surface area contributed by atoms with Crippen LogP contribution < -0.4 is 0 Å². The monoisotopic (exact) mass is 402 g/mol. The Morgan fingerprint density at radius 1 is 1.14 bits per heavy atom. The molecule has 0 aliphatic carbocycles. The Bertz CT molecular complexity index is 794. The van der Waals surface area contributed by atoms with Crippen molar-refractivity contribution in [3.63, 3.8) is 0 Å². The van der Waals surface area contributed by atoms with Crippen LogP contribution in [0.1, 0.15) is 17.2 Å². The molecule has 1 aliphatic heterocycles. The Labute approximate surface area is 167 Å². The maximum absolute atomic E-state index is 13.1. The highest BCUT2D eigenvalue weighted by molar-refractivity contribution is 5.78. The fourth-order valence-electron chi connectivity index (χ4n) is 3.11. The first-order valence-electron chi connectivity index (χ1n) is 8.95. The van der Waals surface area contributed by atoms with E-state index in [-0.39, 0.29) is 6.61 Å². The summed E-state index contributed by atoms with van der Waals surface area (Å²) in [5.74, 6) is -1.11. The van der Waals surface area contributed by atoms with E-state index in [9.17, 15) is 14.9 Å². The van der Waals surface area contributed by atoms with Crippen LogP contribution in [-0.4, -0.2) is 55.3 Å². The van der Waals surface area contributed by atoms with Crippen molar-refractivity contribution in [1.29, 1.82) is 0 Å². The van der Waals surface area contributed by atoms with Gasteiger partial charge in [-0.2, -0.15) is 0 Å². The maximum atomic E-state index is 13.1. The predicted octanol–water partition coefficient (Wildman–Crippen LogP) is 2.16. The van der Waals surface area contributed by atoms with Crippen LogP contribution in [0.2, 0.25) is 0 Å². The van der Waals surface area contributed by atoms with Crippen molar-refractivity contribution >= 4 is 5.97 Å². The van der Waals surface area contributed by atoms with E-state index in [1.54, 1.807) is 48.5 Å². The van der Waals surface area contributed by atoms with Crippen LogP contribution in [0.4, 0.5) is 0 Å². The number of rotatable bonds is 7. The molecule has 2 aromatic carbocycles. The van der Waals surface area contributed by atoms with Gasteiger partial charge in [-0.15, -0.1) is 5.06 Å². The number of carbonyl (C=O) groups excluding carboxylic acids is 1. The second-order valence-electron chi connectivity index (χ2n) is 6.41. The molecule has 29 heavy (non-hydrogen) atoms. The SMILES string of the molecule is COC1COC(C(=O)OC(c2ccccc2)c2ccccc2)([N+](=O)[O-])CN1OC. The fourth-order valence-corrected chi connectivity index (χ4v) is 3.11. The van der Waals surface area contributed by atoms with Crippen molar-refractivity contribution in [2.24, 2.45) is 0 Å². The van der Waals surface area contributed by atoms with E-state index in [2.05, 4.69) is 0 Å². The van der Waals surface area contributed by atoms with Crippen molar-refractivity contribution in [3.8, 4) is 0 Å². The lowest BCUT2D eigenvalue weighted by Crippen LogP contribution is -2.64. The molecule has 2 aromatic rings. The molecular weight excluding hydrogens is 380 g/mol. The number of ether oxygens (including phenoxy) is 3. The Kier molecular flexibility index (Phi) is 6.55. The van der Waals surface area contributed by atoms with E-state index in [0.717, 1.165) is 0 Å². The average Bonchev–Trinajstić information content (AvgIpc) is 2.77. The number of esters is 1. The van der Waals surface area contributed by atoms with Gasteiger partial charge in [0.05, 0.1) is 18.6 Å². The third kappa shape index (κ3) is 4.28. The first-order valence-corrected chi connectivity index (χ1v) is 8.95. The molecule has 1 fully saturated rings. The van der Waals surface area contributed by atoms with Crippen molar-refractivity contribution in [1.82, 2.24) is 5.06 Å². The van der Waals surface area contributed by atoms with Gasteiger partial charge >= 0.3 is 11.7 Å². The third-order valence-corrected chi connectivity index (χ3v) is 4.71. The summed E-state index contributed by atoms with van der Waals surface area (Å²) < 4.78 is 16.2. The van der Waals surface area contributed by atoms with E-state index in [1.165, 1.54) is 19.3 Å². The number of carbonyl (C=O) groups is 1. The largest absolute Gasteiger partial charge is 0.445 e. The van der Waals surface area contributed by atoms with Gasteiger partial charge in [0, 0.05) is 7.11 Å². The number of morpholine rings is 1. The number of benzene rings is 2. The third-order valence-electron chi connectivity index (χ3n) is 4.71. The van der Waals surface area contributed by atoms with Gasteiger partial charge in [0.15, 0.2) is 12.3 Å². The predicted molar refractivity (Wildman–Crippen MR) is 101 cm³/mol. The van der Waals surface area contributed by atoms with E-state index in [1.807, 2.05) is 12.1 Å². The van der Waals surface area contributed by atoms with E-state index >= 15 is 0 Å². The number of nitrogens with zero attached hydrogens (tertiary/aromatic N) is 2. The normalized spacial score (nSPS) is 22.4. The zero-order valence-corrected chi connectivity index (χ0v) is 16.1. The van der Waals surface area contributed by atoms with Gasteiger partial charge in [-0.05, 0) is 11.1 Å². The lowest BCUT2D eigenvalue weighted by atomic mass is 10.0. The molecule has 0 spiro atoms. The topological polar surface area (TPSA) is 100 Å². The molecule has 154 valence electrons. The lowest BCUT2D eigenvalue weighted by molar-refractivity contribution is -0.627. The van der Waals surface area contributed by atoms with Gasteiger partial charge in [0.25, 0.3) is 0 Å². The van der Waals surface area contributed by atoms with Crippen molar-refractivity contribution in [3.05, 3.63) is 81.9 Å². The van der Waals surface area contributed by atoms with E-state index in [4.69, 9.17) is 19.0 Å². The average molecular weight is 402 g/mol. The highest BCUT2D eigenvalue weighted by Crippen LogP contribution is 2.31. The van der Waals surface area contributed by atoms with Crippen LogP contribution in [-0.2, 0) is 23.8 Å². The van der Waals surface area contributed by atoms with Gasteiger partial charge < -0.3 is 14.2 Å². The van der Waals surface area contributed by atoms with E-state index in [0.29, 0.717) is 11.1 Å². The van der Waals surface area contributed by atoms with E-state index < -0.39 is 35.5 Å². The van der Waals surface area contributed by atoms with Crippen LogP contribution in [0.25, 0.3) is 0 Å². The Balaban J connectivity index is 1.92. The maximum Gasteiger partial charge on any atom is 0.437 e. The molecule has 0 radical (unpaired) electrons. The minimum Gasteiger partial charge on any atom is -0.445 e. The molecular formula is C20H22N2O7. The Hall–Kier alpha value is -2.85. The molecule has 1 aliphatic rings. The standard InChI is InChI=1S/C20H22N2O7/c1-26-17-13-28-20(22(24)25,14-21(17)27-2)19(23)29-18(15-9-5-3-6-10-15)16-11-7-4-8-12-16/h3-12,17-18H,13-14H2,1-2H3. The molecule has 2 atom stereocenters. The summed E-state index contributed by atoms with van der Waals surface area (Å²) in [5.41, 5.74) is -1.08. The number of hydroxylamine groups is 2. The van der Waals surface area contributed by atoms with Crippen molar-refractivity contribution < 1.29 is 28.8 Å². The van der Waals surface area contributed by atoms with Gasteiger partial charge in [-0.1, -0.05) is 60.7 Å². The second kappa shape index (κ2) is 9.10. The quantitative estimate of drug-likeness (QED) is 0.395. The number of methoxy groups -OCH3 is 1. The molecule has 0 bridgehead atoms. The molecule has 0 N–H and O–H groups in total.